The van der Waals surface area contributed by atoms with Gasteiger partial charge in [0.2, 0.25) is 0 Å². The number of amides is 1. The van der Waals surface area contributed by atoms with E-state index in [4.69, 9.17) is 28.6 Å². The Morgan fingerprint density at radius 1 is 1.09 bits per heavy atom. The van der Waals surface area contributed by atoms with Crippen molar-refractivity contribution in [3.63, 3.8) is 0 Å². The van der Waals surface area contributed by atoms with Crippen LogP contribution >= 0.6 is 35.2 Å². The maximum absolute atomic E-state index is 12.5. The van der Waals surface area contributed by atoms with Crippen LogP contribution in [0.25, 0.3) is 20.8 Å². The largest absolute Gasteiger partial charge is 0.491 e. The fraction of sp³-hybridized carbons (Fsp3) is 0.125. The summed E-state index contributed by atoms with van der Waals surface area (Å²) in [5, 5.41) is 7.34. The van der Waals surface area contributed by atoms with E-state index in [9.17, 15) is 4.79 Å². The molecular weight excluding hydrogens is 462 g/mol. The van der Waals surface area contributed by atoms with Gasteiger partial charge in [-0.15, -0.1) is 11.3 Å². The first-order valence-corrected chi connectivity index (χ1v) is 11.5. The van der Waals surface area contributed by atoms with Crippen LogP contribution in [-0.4, -0.2) is 22.1 Å². The van der Waals surface area contributed by atoms with Gasteiger partial charge in [-0.1, -0.05) is 23.7 Å². The quantitative estimate of drug-likeness (QED) is 0.317. The average Bonchev–Trinajstić information content (AvgIpc) is 3.19. The number of fused-ring (bicyclic) bond motifs is 1. The maximum Gasteiger partial charge on any atom is 0.257 e. The molecule has 0 aliphatic rings. The molecule has 2 N–H and O–H groups in total. The minimum atomic E-state index is -0.307. The van der Waals surface area contributed by atoms with Gasteiger partial charge in [-0.05, 0) is 80.7 Å². The number of halogens is 1. The monoisotopic (exact) mass is 481 g/mol. The lowest BCUT2D eigenvalue weighted by molar-refractivity contribution is 0.0977. The zero-order valence-corrected chi connectivity index (χ0v) is 19.8. The zero-order chi connectivity index (χ0) is 22.7. The van der Waals surface area contributed by atoms with E-state index in [1.54, 1.807) is 47.7 Å². The molecule has 4 aromatic rings. The molecule has 0 spiro atoms. The highest BCUT2D eigenvalue weighted by Crippen LogP contribution is 2.35. The smallest absolute Gasteiger partial charge is 0.257 e. The van der Waals surface area contributed by atoms with Crippen molar-refractivity contribution in [2.45, 2.75) is 20.0 Å². The van der Waals surface area contributed by atoms with Crippen molar-refractivity contribution in [1.82, 2.24) is 10.3 Å². The Morgan fingerprint density at radius 3 is 2.56 bits per heavy atom. The highest BCUT2D eigenvalue weighted by atomic mass is 35.5. The number of benzene rings is 3. The van der Waals surface area contributed by atoms with Crippen LogP contribution in [0.5, 0.6) is 5.75 Å². The Bertz CT molecular complexity index is 1250. The number of ether oxygens (including phenoxy) is 1. The van der Waals surface area contributed by atoms with Gasteiger partial charge in [-0.2, -0.15) is 0 Å². The van der Waals surface area contributed by atoms with Gasteiger partial charge in [-0.25, -0.2) is 4.98 Å². The summed E-state index contributed by atoms with van der Waals surface area (Å²) in [6, 6.07) is 20.3. The number of carbonyl (C=O) groups excluding carboxylic acids is 1. The van der Waals surface area contributed by atoms with Crippen molar-refractivity contribution in [3.8, 4) is 16.3 Å². The molecule has 0 unspecified atom stereocenters. The van der Waals surface area contributed by atoms with E-state index >= 15 is 0 Å². The van der Waals surface area contributed by atoms with Gasteiger partial charge < -0.3 is 10.1 Å². The summed E-state index contributed by atoms with van der Waals surface area (Å²) >= 11 is 13.3. The molecule has 0 atom stereocenters. The molecule has 8 heteroatoms. The topological polar surface area (TPSA) is 63.2 Å². The second-order valence-corrected chi connectivity index (χ2v) is 9.13. The number of carbonyl (C=O) groups is 1. The number of hydrogen-bond donors (Lipinski definition) is 2. The van der Waals surface area contributed by atoms with Crippen molar-refractivity contribution in [3.05, 3.63) is 77.3 Å². The highest BCUT2D eigenvalue weighted by molar-refractivity contribution is 7.80. The van der Waals surface area contributed by atoms with Crippen LogP contribution in [0.1, 0.15) is 24.2 Å². The third-order valence-electron chi connectivity index (χ3n) is 4.46. The summed E-state index contributed by atoms with van der Waals surface area (Å²) in [6.07, 6.45) is 0.0680. The number of rotatable bonds is 5. The minimum absolute atomic E-state index is 0.0680. The third-order valence-corrected chi connectivity index (χ3v) is 6.07. The van der Waals surface area contributed by atoms with Crippen LogP contribution in [0.4, 0.5) is 5.69 Å². The molecule has 4 rings (SSSR count). The van der Waals surface area contributed by atoms with Gasteiger partial charge in [0.15, 0.2) is 5.11 Å². The summed E-state index contributed by atoms with van der Waals surface area (Å²) in [5.74, 6) is 0.403. The van der Waals surface area contributed by atoms with Gasteiger partial charge in [-0.3, -0.25) is 10.1 Å². The van der Waals surface area contributed by atoms with Gasteiger partial charge in [0, 0.05) is 16.8 Å². The number of aromatic nitrogens is 1. The highest BCUT2D eigenvalue weighted by Gasteiger charge is 2.13. The zero-order valence-electron chi connectivity index (χ0n) is 17.4. The number of para-hydroxylation sites is 1. The molecular formula is C24H20ClN3O2S2. The van der Waals surface area contributed by atoms with Crippen molar-refractivity contribution in [1.29, 1.82) is 0 Å². The Morgan fingerprint density at radius 2 is 1.84 bits per heavy atom. The maximum atomic E-state index is 12.5. The molecule has 1 amide bonds. The number of nitrogens with one attached hydrogen (secondary N) is 2. The lowest BCUT2D eigenvalue weighted by Crippen LogP contribution is -2.34. The SMILES string of the molecule is CC(C)Oc1ccc(C(=O)NC(=S)Nc2ccc(Cl)c(-c3nc4ccccc4s3)c2)cc1. The molecule has 0 aliphatic heterocycles. The van der Waals surface area contributed by atoms with E-state index in [1.165, 1.54) is 0 Å². The number of anilines is 1. The van der Waals surface area contributed by atoms with E-state index in [2.05, 4.69) is 15.6 Å². The summed E-state index contributed by atoms with van der Waals surface area (Å²) < 4.78 is 6.69. The minimum Gasteiger partial charge on any atom is -0.491 e. The standard InChI is InChI=1S/C24H20ClN3O2S2/c1-14(2)30-17-10-7-15(8-11-17)22(29)28-24(31)26-16-9-12-19(25)18(13-16)23-27-20-5-3-4-6-21(20)32-23/h3-14H,1-2H3,(H2,26,28,29,31). The molecule has 0 saturated carbocycles. The summed E-state index contributed by atoms with van der Waals surface area (Å²) in [6.45, 7) is 3.90. The first kappa shape index (κ1) is 22.2. The van der Waals surface area contributed by atoms with Crippen LogP contribution in [0.15, 0.2) is 66.7 Å². The number of thiocarbonyl (C=S) groups is 1. The molecule has 0 radical (unpaired) electrons. The van der Waals surface area contributed by atoms with Crippen LogP contribution < -0.4 is 15.4 Å². The van der Waals surface area contributed by atoms with Crippen molar-refractivity contribution in [2.24, 2.45) is 0 Å². The lowest BCUT2D eigenvalue weighted by atomic mass is 10.2. The van der Waals surface area contributed by atoms with Gasteiger partial charge in [0.25, 0.3) is 5.91 Å². The fourth-order valence-electron chi connectivity index (χ4n) is 3.05. The molecule has 0 bridgehead atoms. The summed E-state index contributed by atoms with van der Waals surface area (Å²) in [4.78, 5) is 17.2. The molecule has 32 heavy (non-hydrogen) atoms. The Hall–Kier alpha value is -3.00. The summed E-state index contributed by atoms with van der Waals surface area (Å²) in [5.41, 5.74) is 2.91. The first-order chi connectivity index (χ1) is 15.4. The van der Waals surface area contributed by atoms with E-state index < -0.39 is 0 Å². The average molecular weight is 482 g/mol. The van der Waals surface area contributed by atoms with Crippen molar-refractivity contribution >= 4 is 62.1 Å². The first-order valence-electron chi connectivity index (χ1n) is 9.93. The van der Waals surface area contributed by atoms with Crippen LogP contribution in [-0.2, 0) is 0 Å². The molecule has 0 fully saturated rings. The van der Waals surface area contributed by atoms with E-state index in [1.807, 2.05) is 44.2 Å². The van der Waals surface area contributed by atoms with E-state index in [0.717, 1.165) is 20.8 Å². The number of nitrogens with zero attached hydrogens (tertiary/aromatic N) is 1. The van der Waals surface area contributed by atoms with Crippen LogP contribution in [0.3, 0.4) is 0 Å². The normalized spacial score (nSPS) is 10.9. The Labute approximate surface area is 200 Å². The second kappa shape index (κ2) is 9.65. The molecule has 5 nitrogen and oxygen atoms in total. The van der Waals surface area contributed by atoms with Gasteiger partial charge in [0.1, 0.15) is 10.8 Å². The molecule has 162 valence electrons. The fourth-order valence-corrected chi connectivity index (χ4v) is 4.52. The molecule has 0 saturated heterocycles. The van der Waals surface area contributed by atoms with E-state index in [0.29, 0.717) is 22.0 Å². The Balaban J connectivity index is 1.45. The van der Waals surface area contributed by atoms with Gasteiger partial charge in [0.05, 0.1) is 21.3 Å². The van der Waals surface area contributed by atoms with Crippen LogP contribution in [0.2, 0.25) is 5.02 Å². The predicted molar refractivity (Wildman–Crippen MR) is 136 cm³/mol. The van der Waals surface area contributed by atoms with Crippen molar-refractivity contribution < 1.29 is 9.53 Å². The molecule has 1 heterocycles. The summed E-state index contributed by atoms with van der Waals surface area (Å²) in [7, 11) is 0. The van der Waals surface area contributed by atoms with E-state index in [-0.39, 0.29) is 17.1 Å². The predicted octanol–water partition coefficient (Wildman–Crippen LogP) is 6.53. The molecule has 3 aromatic carbocycles. The van der Waals surface area contributed by atoms with Gasteiger partial charge >= 0.3 is 0 Å². The number of hydrogen-bond acceptors (Lipinski definition) is 5. The second-order valence-electron chi connectivity index (χ2n) is 7.28. The molecule has 0 aliphatic carbocycles. The van der Waals surface area contributed by atoms with Crippen molar-refractivity contribution in [2.75, 3.05) is 5.32 Å². The van der Waals surface area contributed by atoms with Crippen LogP contribution in [0, 0.1) is 0 Å². The molecule has 1 aromatic heterocycles. The Kier molecular flexibility index (Phi) is 6.69. The third kappa shape index (κ3) is 5.24. The lowest BCUT2D eigenvalue weighted by Gasteiger charge is -2.12. The number of thiazole rings is 1.